The van der Waals surface area contributed by atoms with Crippen LogP contribution >= 0.6 is 0 Å². The molecule has 0 fully saturated rings. The standard InChI is InChI=1S/C7H17NO2S/c1-5-8(6-2)11(9,10)7(3)4/h7H,5-6H2,1-4H3. The second-order valence-corrected chi connectivity index (χ2v) is 5.17. The van der Waals surface area contributed by atoms with Gasteiger partial charge in [0.2, 0.25) is 10.0 Å². The van der Waals surface area contributed by atoms with Crippen molar-refractivity contribution >= 4 is 10.0 Å². The van der Waals surface area contributed by atoms with Gasteiger partial charge in [0.15, 0.2) is 0 Å². The van der Waals surface area contributed by atoms with Crippen LogP contribution in [0.4, 0.5) is 0 Å². The molecule has 11 heavy (non-hydrogen) atoms. The molecular weight excluding hydrogens is 162 g/mol. The highest BCUT2D eigenvalue weighted by Gasteiger charge is 2.22. The molecule has 0 amide bonds. The van der Waals surface area contributed by atoms with Gasteiger partial charge in [0.1, 0.15) is 0 Å². The van der Waals surface area contributed by atoms with Crippen LogP contribution in [0.1, 0.15) is 27.7 Å². The van der Waals surface area contributed by atoms with E-state index in [1.54, 1.807) is 13.8 Å². The average Bonchev–Trinajstić information content (AvgIpc) is 1.89. The van der Waals surface area contributed by atoms with E-state index in [1.165, 1.54) is 4.31 Å². The number of hydrogen-bond acceptors (Lipinski definition) is 2. The first-order chi connectivity index (χ1) is 4.96. The van der Waals surface area contributed by atoms with Crippen LogP contribution in [0.25, 0.3) is 0 Å². The van der Waals surface area contributed by atoms with Crippen LogP contribution < -0.4 is 0 Å². The molecule has 0 spiro atoms. The van der Waals surface area contributed by atoms with E-state index in [0.717, 1.165) is 0 Å². The van der Waals surface area contributed by atoms with Crippen LogP contribution in [0.15, 0.2) is 0 Å². The van der Waals surface area contributed by atoms with Gasteiger partial charge in [0.05, 0.1) is 5.25 Å². The van der Waals surface area contributed by atoms with Crippen LogP contribution in [0.5, 0.6) is 0 Å². The lowest BCUT2D eigenvalue weighted by Crippen LogP contribution is -2.35. The Balaban J connectivity index is 4.53. The molecule has 0 heterocycles. The Morgan fingerprint density at radius 3 is 1.64 bits per heavy atom. The molecule has 0 aromatic rings. The van der Waals surface area contributed by atoms with Crippen LogP contribution in [0.2, 0.25) is 0 Å². The molecule has 0 aromatic heterocycles. The first kappa shape index (κ1) is 10.9. The third kappa shape index (κ3) is 2.45. The van der Waals surface area contributed by atoms with Gasteiger partial charge < -0.3 is 0 Å². The zero-order valence-corrected chi connectivity index (χ0v) is 8.48. The minimum absolute atomic E-state index is 0.303. The Bertz CT molecular complexity index is 192. The third-order valence-corrected chi connectivity index (χ3v) is 4.09. The minimum atomic E-state index is -3.01. The Labute approximate surface area is 69.4 Å². The van der Waals surface area contributed by atoms with Gasteiger partial charge in [0.25, 0.3) is 0 Å². The lowest BCUT2D eigenvalue weighted by atomic mass is 10.6. The molecule has 0 aliphatic rings. The summed E-state index contributed by atoms with van der Waals surface area (Å²) in [6, 6.07) is 0. The summed E-state index contributed by atoms with van der Waals surface area (Å²) < 4.78 is 24.3. The number of hydrogen-bond donors (Lipinski definition) is 0. The first-order valence-corrected chi connectivity index (χ1v) is 5.46. The average molecular weight is 179 g/mol. The van der Waals surface area contributed by atoms with E-state index in [-0.39, 0.29) is 5.25 Å². The second-order valence-electron chi connectivity index (χ2n) is 2.68. The highest BCUT2D eigenvalue weighted by Crippen LogP contribution is 2.06. The van der Waals surface area contributed by atoms with Crippen molar-refractivity contribution in [1.82, 2.24) is 4.31 Å². The predicted molar refractivity (Wildman–Crippen MR) is 47.0 cm³/mol. The van der Waals surface area contributed by atoms with Gasteiger partial charge in [-0.3, -0.25) is 0 Å². The zero-order chi connectivity index (χ0) is 9.07. The Hall–Kier alpha value is -0.0900. The molecule has 0 saturated heterocycles. The predicted octanol–water partition coefficient (Wildman–Crippen LogP) is 1.07. The van der Waals surface area contributed by atoms with Crippen LogP contribution in [0.3, 0.4) is 0 Å². The maximum absolute atomic E-state index is 11.4. The first-order valence-electron chi connectivity index (χ1n) is 3.95. The minimum Gasteiger partial charge on any atom is -0.212 e. The monoisotopic (exact) mass is 179 g/mol. The van der Waals surface area contributed by atoms with Crippen molar-refractivity contribution in [3.8, 4) is 0 Å². The normalized spacial score (nSPS) is 12.9. The molecule has 0 rings (SSSR count). The van der Waals surface area contributed by atoms with Crippen molar-refractivity contribution in [2.75, 3.05) is 13.1 Å². The van der Waals surface area contributed by atoms with Crippen molar-refractivity contribution < 1.29 is 8.42 Å². The molecular formula is C7H17NO2S. The van der Waals surface area contributed by atoms with E-state index < -0.39 is 10.0 Å². The van der Waals surface area contributed by atoms with Crippen molar-refractivity contribution in [1.29, 1.82) is 0 Å². The van der Waals surface area contributed by atoms with Crippen LogP contribution in [0, 0.1) is 0 Å². The zero-order valence-electron chi connectivity index (χ0n) is 7.66. The van der Waals surface area contributed by atoms with E-state index in [0.29, 0.717) is 13.1 Å². The molecule has 0 unspecified atom stereocenters. The molecule has 0 bridgehead atoms. The van der Waals surface area contributed by atoms with E-state index in [9.17, 15) is 8.42 Å². The summed E-state index contributed by atoms with van der Waals surface area (Å²) in [5.74, 6) is 0. The number of rotatable bonds is 4. The quantitative estimate of drug-likeness (QED) is 0.647. The van der Waals surface area contributed by atoms with E-state index in [1.807, 2.05) is 13.8 Å². The van der Waals surface area contributed by atoms with Gasteiger partial charge >= 0.3 is 0 Å². The van der Waals surface area contributed by atoms with Gasteiger partial charge in [-0.25, -0.2) is 12.7 Å². The summed E-state index contributed by atoms with van der Waals surface area (Å²) in [4.78, 5) is 0. The van der Waals surface area contributed by atoms with Crippen molar-refractivity contribution in [2.24, 2.45) is 0 Å². The van der Waals surface area contributed by atoms with Crippen LogP contribution in [-0.2, 0) is 10.0 Å². The van der Waals surface area contributed by atoms with Crippen molar-refractivity contribution in [2.45, 2.75) is 32.9 Å². The molecule has 0 aliphatic carbocycles. The third-order valence-electron chi connectivity index (χ3n) is 1.66. The largest absolute Gasteiger partial charge is 0.216 e. The Morgan fingerprint density at radius 1 is 1.18 bits per heavy atom. The van der Waals surface area contributed by atoms with Crippen LogP contribution in [-0.4, -0.2) is 31.1 Å². The smallest absolute Gasteiger partial charge is 0.212 e. The molecule has 0 N–H and O–H groups in total. The highest BCUT2D eigenvalue weighted by atomic mass is 32.2. The summed E-state index contributed by atoms with van der Waals surface area (Å²) in [5, 5.41) is -0.303. The SMILES string of the molecule is CCN(CC)S(=O)(=O)C(C)C. The second kappa shape index (κ2) is 4.07. The topological polar surface area (TPSA) is 37.4 Å². The van der Waals surface area contributed by atoms with Gasteiger partial charge in [-0.15, -0.1) is 0 Å². The molecule has 4 heteroatoms. The molecule has 0 saturated carbocycles. The van der Waals surface area contributed by atoms with Gasteiger partial charge in [-0.2, -0.15) is 0 Å². The van der Waals surface area contributed by atoms with Crippen molar-refractivity contribution in [3.05, 3.63) is 0 Å². The fourth-order valence-corrected chi connectivity index (χ4v) is 2.20. The summed E-state index contributed by atoms with van der Waals surface area (Å²) in [6.07, 6.45) is 0. The fraction of sp³-hybridized carbons (Fsp3) is 1.00. The lowest BCUT2D eigenvalue weighted by Gasteiger charge is -2.20. The maximum atomic E-state index is 11.4. The summed E-state index contributed by atoms with van der Waals surface area (Å²) in [5.41, 5.74) is 0. The number of nitrogens with zero attached hydrogens (tertiary/aromatic N) is 1. The summed E-state index contributed by atoms with van der Waals surface area (Å²) in [7, 11) is -3.01. The Kier molecular flexibility index (Phi) is 4.03. The molecule has 3 nitrogen and oxygen atoms in total. The Morgan fingerprint density at radius 2 is 1.55 bits per heavy atom. The molecule has 0 aromatic carbocycles. The molecule has 0 aliphatic heterocycles. The summed E-state index contributed by atoms with van der Waals surface area (Å²) in [6.45, 7) is 8.24. The molecule has 68 valence electrons. The van der Waals surface area contributed by atoms with Crippen molar-refractivity contribution in [3.63, 3.8) is 0 Å². The number of sulfonamides is 1. The summed E-state index contributed by atoms with van der Waals surface area (Å²) >= 11 is 0. The van der Waals surface area contributed by atoms with E-state index in [4.69, 9.17) is 0 Å². The van der Waals surface area contributed by atoms with Gasteiger partial charge in [-0.05, 0) is 13.8 Å². The fourth-order valence-electron chi connectivity index (χ4n) is 0.882. The maximum Gasteiger partial charge on any atom is 0.216 e. The molecule has 0 radical (unpaired) electrons. The highest BCUT2D eigenvalue weighted by molar-refractivity contribution is 7.89. The van der Waals surface area contributed by atoms with E-state index >= 15 is 0 Å². The van der Waals surface area contributed by atoms with Gasteiger partial charge in [-0.1, -0.05) is 13.8 Å². The van der Waals surface area contributed by atoms with E-state index in [2.05, 4.69) is 0 Å². The molecule has 0 atom stereocenters. The van der Waals surface area contributed by atoms with Gasteiger partial charge in [0, 0.05) is 13.1 Å². The lowest BCUT2D eigenvalue weighted by molar-refractivity contribution is 0.439.